The standard InChI is InChI=1S/C28H62P2.C26H58P2.C19H26N4.C16H22N2O.C15H29N3.C13H25N3O/c1-7-21-29(22-8-2,23-9-3)27-19-17-15-13-14-16-18-20-28-30(24-10-4,25-11-5)26-12-6;1-7-13-22-28(23-14-8-2,24-15-9-3)26-18-16-17-25-27(19-10-4,20-11-5)21-12-6;1-20-12-13-21(17-20)10-6-3-7-11-22-14-15-23(18-22)16-19-8-4-2-5-9-19;1-19-16-8-14-18(15-9-16)13-7-3-6-12-17-10-4-2-5-11-17;1-16-10-11-17(15-16)9-5-3-4-6-12-18(2)13-7-8-14-18;1-14-5-6-15(13-14)7-11-17-12-10-16(2)8-3-4-9-16/h7-28H2,1-6H3;7-26H2,1-6H3;2,4-5,8-9,12-15,17-18H,3,6-7,10-11,16H2,1H3;2,4-5,8-11,14-15H,3,6-7,12-13H2,1H3;10-11,15H,3-9,12-14H2,1-2H3;5-6,13H,3-4,7-12H2,1-2H3/q6*+2. The Balaban J connectivity index is 0.000000342. The van der Waals surface area contributed by atoms with Crippen LogP contribution in [0.1, 0.15) is 345 Å². The SMILES string of the molecule is CCCC[P+](CCCC)(CCCC)CCCCC[P+](CCC)(CCC)CCC.CCC[P+](CCC)(CCC)CCCCCCCCCC[P+](CCC)(CCC)CCC.COc1cc[n+](CCCCC[n+]2ccccc2)cc1.C[n+]1ccn(CCCCCC[N+]2(C)CCCC2)c1.C[n+]1ccn(CCCCCn2cc[n+](Cc3ccccc3)c2)c1.C[n+]1ccn(CCOCC[N+]2(C)CCCC2)c1. The zero-order valence-corrected chi connectivity index (χ0v) is 95.8. The zero-order chi connectivity index (χ0) is 97.9. The van der Waals surface area contributed by atoms with Crippen LogP contribution in [0.25, 0.3) is 0 Å². The minimum Gasteiger partial charge on any atom is -0.496 e. The molecule has 7 aromatic rings. The van der Waals surface area contributed by atoms with Gasteiger partial charge in [0.15, 0.2) is 24.8 Å². The van der Waals surface area contributed by atoms with Crippen molar-refractivity contribution < 1.29 is 45.8 Å². The second-order valence-corrected chi connectivity index (χ2v) is 60.3. The number of unbranched alkanes of at least 4 members (excludes halogenated alkanes) is 19. The van der Waals surface area contributed by atoms with Gasteiger partial charge in [-0.1, -0.05) is 164 Å². The molecule has 1 aromatic carbocycles. The molecule has 6 aromatic heterocycles. The molecule has 0 bridgehead atoms. The van der Waals surface area contributed by atoms with Crippen LogP contribution in [0.5, 0.6) is 5.75 Å². The number of rotatable bonds is 72. The Hall–Kier alpha value is -4.24. The average Bonchev–Trinajstić information content (AvgIpc) is 1.83. The molecule has 2 fully saturated rings. The molecule has 0 unspecified atom stereocenters. The maximum atomic E-state index is 5.73. The minimum atomic E-state index is -0.656. The molecule has 2 saturated heterocycles. The van der Waals surface area contributed by atoms with E-state index in [4.69, 9.17) is 9.47 Å². The molecule has 2 aliphatic rings. The number of benzene rings is 1. The van der Waals surface area contributed by atoms with Crippen molar-refractivity contribution in [1.29, 1.82) is 0 Å². The van der Waals surface area contributed by atoms with Crippen LogP contribution >= 0.6 is 29.0 Å². The van der Waals surface area contributed by atoms with Crippen LogP contribution in [-0.4, -0.2) is 200 Å². The van der Waals surface area contributed by atoms with E-state index in [9.17, 15) is 0 Å². The van der Waals surface area contributed by atoms with Crippen LogP contribution in [0.15, 0.2) is 160 Å². The highest BCUT2D eigenvalue weighted by molar-refractivity contribution is 7.77. The molecule has 0 aliphatic carbocycles. The molecule has 0 atom stereocenters. The van der Waals surface area contributed by atoms with Gasteiger partial charge in [-0.3, -0.25) is 0 Å². The zero-order valence-electron chi connectivity index (χ0n) is 92.2. The number of likely N-dealkylation sites (tertiary alicyclic amines) is 2. The number of aromatic nitrogens is 10. The van der Waals surface area contributed by atoms with Gasteiger partial charge in [0, 0.05) is 91.8 Å². The summed E-state index contributed by atoms with van der Waals surface area (Å²) in [6.45, 7) is 46.2. The molecule has 770 valence electrons. The maximum Gasteiger partial charge on any atom is 0.244 e. The fraction of sp³-hybridized carbons (Fsp3) is 0.761. The second-order valence-electron chi connectivity index (χ2n) is 42.4. The number of imidazole rings is 4. The van der Waals surface area contributed by atoms with Crippen molar-refractivity contribution in [3.05, 3.63) is 166 Å². The van der Waals surface area contributed by atoms with E-state index >= 15 is 0 Å². The largest absolute Gasteiger partial charge is 0.496 e. The van der Waals surface area contributed by atoms with Crippen LogP contribution in [0.4, 0.5) is 0 Å². The van der Waals surface area contributed by atoms with E-state index in [0.29, 0.717) is 0 Å². The fourth-order valence-electron chi connectivity index (χ4n) is 22.0. The third-order valence-electron chi connectivity index (χ3n) is 29.4. The van der Waals surface area contributed by atoms with E-state index in [1.165, 1.54) is 304 Å². The molecule has 0 spiro atoms. The van der Waals surface area contributed by atoms with Gasteiger partial charge in [0.05, 0.1) is 207 Å². The van der Waals surface area contributed by atoms with Crippen LogP contribution in [0.2, 0.25) is 0 Å². The van der Waals surface area contributed by atoms with Gasteiger partial charge in [0.1, 0.15) is 88.0 Å². The predicted octanol–water partition coefficient (Wildman–Crippen LogP) is 27.6. The summed E-state index contributed by atoms with van der Waals surface area (Å²) < 4.78 is 35.3. The van der Waals surface area contributed by atoms with E-state index in [-0.39, 0.29) is 0 Å². The van der Waals surface area contributed by atoms with Crippen molar-refractivity contribution in [3.8, 4) is 5.75 Å². The lowest BCUT2D eigenvalue weighted by molar-refractivity contribution is -0.898. The van der Waals surface area contributed by atoms with Crippen LogP contribution in [-0.2, 0) is 71.7 Å². The van der Waals surface area contributed by atoms with Gasteiger partial charge in [-0.2, -0.15) is 0 Å². The topological polar surface area (TPSA) is 61.5 Å². The maximum absolute atomic E-state index is 5.73. The lowest BCUT2D eigenvalue weighted by Crippen LogP contribution is -2.43. The number of likely N-dealkylation sites (N-methyl/N-ethyl adjacent to an activating group) is 1. The number of hydrogen-bond donors (Lipinski definition) is 0. The molecule has 14 nitrogen and oxygen atoms in total. The van der Waals surface area contributed by atoms with Crippen LogP contribution < -0.4 is 32.1 Å². The monoisotopic (exact) mass is 1950 g/mol. The molecule has 0 amide bonds. The lowest BCUT2D eigenvalue weighted by atomic mass is 10.1. The van der Waals surface area contributed by atoms with Gasteiger partial charge < -0.3 is 18.4 Å². The van der Waals surface area contributed by atoms with Crippen LogP contribution in [0.3, 0.4) is 0 Å². The van der Waals surface area contributed by atoms with Gasteiger partial charge >= 0.3 is 0 Å². The van der Waals surface area contributed by atoms with Crippen LogP contribution in [0, 0.1) is 0 Å². The summed E-state index contributed by atoms with van der Waals surface area (Å²) in [6.07, 6.45) is 116. The second kappa shape index (κ2) is 77.4. The van der Waals surface area contributed by atoms with Gasteiger partial charge in [0.25, 0.3) is 0 Å². The molecule has 2 aliphatic heterocycles. The first-order valence-corrected chi connectivity index (χ1v) is 67.0. The summed E-state index contributed by atoms with van der Waals surface area (Å²) in [5.41, 5.74) is 1.34. The highest BCUT2D eigenvalue weighted by atomic mass is 31.2. The molecule has 8 heterocycles. The fourth-order valence-corrected chi connectivity index (χ4v) is 42.5. The van der Waals surface area contributed by atoms with Gasteiger partial charge in [-0.15, -0.1) is 0 Å². The van der Waals surface area contributed by atoms with Crippen molar-refractivity contribution in [2.24, 2.45) is 21.1 Å². The first-order valence-electron chi connectivity index (χ1n) is 56.9. The minimum absolute atomic E-state index is 0.597. The number of aryl methyl sites for hydroxylation is 8. The van der Waals surface area contributed by atoms with Gasteiger partial charge in [-0.25, -0.2) is 45.7 Å². The predicted molar refractivity (Wildman–Crippen MR) is 598 cm³/mol. The van der Waals surface area contributed by atoms with Gasteiger partial charge in [-0.05, 0) is 179 Å². The van der Waals surface area contributed by atoms with Crippen molar-refractivity contribution in [1.82, 2.24) is 18.3 Å². The third kappa shape index (κ3) is 57.0. The first kappa shape index (κ1) is 123. The number of methoxy groups -OCH3 is 1. The molecular formula is C117H222N12O2P4+12. The first-order chi connectivity index (χ1) is 65.7. The van der Waals surface area contributed by atoms with E-state index in [2.05, 4.69) is 305 Å². The molecule has 0 saturated carbocycles. The average molecular weight is 1950 g/mol. The Kier molecular flexibility index (Phi) is 70.5. The van der Waals surface area contributed by atoms with E-state index in [1.807, 2.05) is 19.2 Å². The molecule has 9 rings (SSSR count). The number of hydrogen-bond acceptors (Lipinski definition) is 2. The molecule has 135 heavy (non-hydrogen) atoms. The van der Waals surface area contributed by atoms with Crippen molar-refractivity contribution >= 4 is 29.0 Å². The Morgan fingerprint density at radius 3 is 0.970 bits per heavy atom. The molecule has 0 N–H and O–H groups in total. The summed E-state index contributed by atoms with van der Waals surface area (Å²) in [5.74, 6) is 0.914. The molecule has 18 heteroatoms. The van der Waals surface area contributed by atoms with Crippen molar-refractivity contribution in [3.63, 3.8) is 0 Å². The quantitative estimate of drug-likeness (QED) is 0.0165. The molecule has 0 radical (unpaired) electrons. The van der Waals surface area contributed by atoms with Crippen molar-refractivity contribution in [2.75, 3.05) is 172 Å². The Morgan fingerprint density at radius 1 is 0.281 bits per heavy atom. The summed E-state index contributed by atoms with van der Waals surface area (Å²) in [5, 5.41) is 0. The van der Waals surface area contributed by atoms with E-state index in [0.717, 1.165) is 58.2 Å². The lowest BCUT2D eigenvalue weighted by Gasteiger charge is -2.29. The summed E-state index contributed by atoms with van der Waals surface area (Å²) in [7, 11) is 10.2. The summed E-state index contributed by atoms with van der Waals surface area (Å²) >= 11 is 0. The number of ether oxygens (including phenoxy) is 2. The highest BCUT2D eigenvalue weighted by Gasteiger charge is 2.38. The summed E-state index contributed by atoms with van der Waals surface area (Å²) in [4.78, 5) is 0. The number of pyridine rings is 2. The summed E-state index contributed by atoms with van der Waals surface area (Å²) in [6, 6.07) is 20.8. The van der Waals surface area contributed by atoms with E-state index in [1.54, 1.807) is 119 Å². The highest BCUT2D eigenvalue weighted by Crippen LogP contribution is 2.64. The Bertz CT molecular complexity index is 3710. The van der Waals surface area contributed by atoms with Gasteiger partial charge in [0.2, 0.25) is 25.3 Å². The number of nitrogens with zero attached hydrogens (tertiary/aromatic N) is 12. The third-order valence-corrected chi connectivity index (χ3v) is 50.8. The van der Waals surface area contributed by atoms with Crippen molar-refractivity contribution in [2.45, 2.75) is 386 Å². The Morgan fingerprint density at radius 2 is 0.593 bits per heavy atom. The number of quaternary nitrogens is 2. The normalized spacial score (nSPS) is 13.6. The Labute approximate surface area is 838 Å². The smallest absolute Gasteiger partial charge is 0.244 e. The van der Waals surface area contributed by atoms with E-state index < -0.39 is 29.0 Å². The molecular weight excluding hydrogens is 1730 g/mol.